The summed E-state index contributed by atoms with van der Waals surface area (Å²) in [4.78, 5) is 0. The molecule has 2 N–H and O–H groups in total. The molecule has 1 aromatic rings. The van der Waals surface area contributed by atoms with Crippen LogP contribution in [0.1, 0.15) is 20.3 Å². The summed E-state index contributed by atoms with van der Waals surface area (Å²) in [6, 6.07) is 5.46. The lowest BCUT2D eigenvalue weighted by molar-refractivity contribution is 0.0644. The van der Waals surface area contributed by atoms with Gasteiger partial charge in [-0.2, -0.15) is 0 Å². The number of ether oxygens (including phenoxy) is 4. The molecule has 0 spiro atoms. The number of hydrogen-bond donors (Lipinski definition) is 1. The first-order chi connectivity index (χ1) is 9.63. The van der Waals surface area contributed by atoms with E-state index < -0.39 is 0 Å². The number of nitrogens with two attached hydrogens (primary N) is 1. The Bertz CT molecular complexity index is 382. The molecule has 0 aliphatic heterocycles. The Labute approximate surface area is 121 Å². The van der Waals surface area contributed by atoms with Crippen LogP contribution in [0.2, 0.25) is 0 Å². The number of rotatable bonds is 10. The molecule has 0 atom stereocenters. The van der Waals surface area contributed by atoms with Crippen LogP contribution in [-0.2, 0) is 9.47 Å². The van der Waals surface area contributed by atoms with Crippen LogP contribution in [0.5, 0.6) is 11.5 Å². The van der Waals surface area contributed by atoms with Crippen molar-refractivity contribution in [1.29, 1.82) is 0 Å². The van der Waals surface area contributed by atoms with Gasteiger partial charge in [0.25, 0.3) is 0 Å². The Morgan fingerprint density at radius 2 is 1.90 bits per heavy atom. The SMILES string of the molecule is COCCOCCCOc1ccc(N)c(OC(C)C)c1. The van der Waals surface area contributed by atoms with Crippen molar-refractivity contribution >= 4 is 5.69 Å². The molecule has 20 heavy (non-hydrogen) atoms. The fourth-order valence-electron chi connectivity index (χ4n) is 1.56. The second-order valence-electron chi connectivity index (χ2n) is 4.67. The van der Waals surface area contributed by atoms with Gasteiger partial charge in [-0.3, -0.25) is 0 Å². The molecule has 0 amide bonds. The molecule has 0 radical (unpaired) electrons. The molecule has 0 aliphatic rings. The highest BCUT2D eigenvalue weighted by molar-refractivity contribution is 5.55. The van der Waals surface area contributed by atoms with Crippen LogP contribution in [-0.4, -0.2) is 39.6 Å². The standard InChI is InChI=1S/C15H25NO4/c1-12(2)20-15-11-13(5-6-14(15)16)19-8-4-7-18-10-9-17-3/h5-6,11-12H,4,7-10,16H2,1-3H3. The van der Waals surface area contributed by atoms with Gasteiger partial charge in [-0.05, 0) is 26.0 Å². The fourth-order valence-corrected chi connectivity index (χ4v) is 1.56. The van der Waals surface area contributed by atoms with E-state index in [0.717, 1.165) is 12.2 Å². The molecule has 5 nitrogen and oxygen atoms in total. The lowest BCUT2D eigenvalue weighted by atomic mass is 10.2. The Morgan fingerprint density at radius 1 is 1.10 bits per heavy atom. The summed E-state index contributed by atoms with van der Waals surface area (Å²) in [7, 11) is 1.66. The van der Waals surface area contributed by atoms with E-state index in [4.69, 9.17) is 24.7 Å². The van der Waals surface area contributed by atoms with Crippen LogP contribution in [0, 0.1) is 0 Å². The zero-order valence-corrected chi connectivity index (χ0v) is 12.6. The highest BCUT2D eigenvalue weighted by Crippen LogP contribution is 2.27. The molecule has 0 aromatic heterocycles. The maximum Gasteiger partial charge on any atom is 0.146 e. The normalized spacial score (nSPS) is 10.8. The Kier molecular flexibility index (Phi) is 7.84. The molecule has 0 heterocycles. The maximum atomic E-state index is 5.85. The van der Waals surface area contributed by atoms with E-state index in [1.165, 1.54) is 0 Å². The zero-order chi connectivity index (χ0) is 14.8. The van der Waals surface area contributed by atoms with E-state index in [2.05, 4.69) is 0 Å². The minimum absolute atomic E-state index is 0.0849. The Hall–Kier alpha value is -1.46. The number of nitrogen functional groups attached to an aromatic ring is 1. The van der Waals surface area contributed by atoms with Gasteiger partial charge in [0.2, 0.25) is 0 Å². The topological polar surface area (TPSA) is 62.9 Å². The average Bonchev–Trinajstić information content (AvgIpc) is 2.40. The Balaban J connectivity index is 2.29. The monoisotopic (exact) mass is 283 g/mol. The maximum absolute atomic E-state index is 5.85. The lowest BCUT2D eigenvalue weighted by Gasteiger charge is -2.14. The molecular formula is C15H25NO4. The van der Waals surface area contributed by atoms with Crippen LogP contribution in [0.4, 0.5) is 5.69 Å². The van der Waals surface area contributed by atoms with E-state index >= 15 is 0 Å². The summed E-state index contributed by atoms with van der Waals surface area (Å²) in [6.45, 7) is 6.42. The van der Waals surface area contributed by atoms with Crippen molar-refractivity contribution in [3.63, 3.8) is 0 Å². The molecule has 0 saturated carbocycles. The van der Waals surface area contributed by atoms with Gasteiger partial charge in [0.15, 0.2) is 0 Å². The second kappa shape index (κ2) is 9.44. The largest absolute Gasteiger partial charge is 0.493 e. The first kappa shape index (κ1) is 16.6. The van der Waals surface area contributed by atoms with Crippen LogP contribution in [0.3, 0.4) is 0 Å². The zero-order valence-electron chi connectivity index (χ0n) is 12.6. The molecule has 0 bridgehead atoms. The van der Waals surface area contributed by atoms with Gasteiger partial charge in [0, 0.05) is 26.2 Å². The first-order valence-electron chi connectivity index (χ1n) is 6.89. The lowest BCUT2D eigenvalue weighted by Crippen LogP contribution is -2.08. The quantitative estimate of drug-likeness (QED) is 0.528. The highest BCUT2D eigenvalue weighted by Gasteiger charge is 2.05. The van der Waals surface area contributed by atoms with Gasteiger partial charge < -0.3 is 24.7 Å². The second-order valence-corrected chi connectivity index (χ2v) is 4.67. The minimum atomic E-state index is 0.0849. The smallest absolute Gasteiger partial charge is 0.146 e. The van der Waals surface area contributed by atoms with Crippen LogP contribution in [0.15, 0.2) is 18.2 Å². The predicted molar refractivity (Wildman–Crippen MR) is 79.4 cm³/mol. The third-order valence-corrected chi connectivity index (χ3v) is 2.48. The van der Waals surface area contributed by atoms with Crippen molar-refractivity contribution in [2.75, 3.05) is 39.3 Å². The molecule has 0 unspecified atom stereocenters. The number of methoxy groups -OCH3 is 1. The van der Waals surface area contributed by atoms with Gasteiger partial charge >= 0.3 is 0 Å². The van der Waals surface area contributed by atoms with Crippen molar-refractivity contribution in [3.8, 4) is 11.5 Å². The van der Waals surface area contributed by atoms with Gasteiger partial charge in [-0.1, -0.05) is 0 Å². The minimum Gasteiger partial charge on any atom is -0.493 e. The summed E-state index contributed by atoms with van der Waals surface area (Å²) in [5, 5.41) is 0. The molecule has 1 aromatic carbocycles. The van der Waals surface area contributed by atoms with Gasteiger partial charge in [-0.25, -0.2) is 0 Å². The molecule has 0 saturated heterocycles. The first-order valence-corrected chi connectivity index (χ1v) is 6.89. The van der Waals surface area contributed by atoms with Gasteiger partial charge in [0.05, 0.1) is 31.6 Å². The Morgan fingerprint density at radius 3 is 2.60 bits per heavy atom. The number of anilines is 1. The van der Waals surface area contributed by atoms with Gasteiger partial charge in [0.1, 0.15) is 11.5 Å². The summed E-state index contributed by atoms with van der Waals surface area (Å²) < 4.78 is 21.5. The van der Waals surface area contributed by atoms with Crippen molar-refractivity contribution in [1.82, 2.24) is 0 Å². The molecule has 114 valence electrons. The summed E-state index contributed by atoms with van der Waals surface area (Å²) in [5.74, 6) is 1.42. The van der Waals surface area contributed by atoms with E-state index in [0.29, 0.717) is 37.9 Å². The van der Waals surface area contributed by atoms with Gasteiger partial charge in [-0.15, -0.1) is 0 Å². The molecule has 0 aliphatic carbocycles. The summed E-state index contributed by atoms with van der Waals surface area (Å²) in [6.07, 6.45) is 0.913. The van der Waals surface area contributed by atoms with Crippen LogP contribution >= 0.6 is 0 Å². The van der Waals surface area contributed by atoms with Crippen LogP contribution < -0.4 is 15.2 Å². The van der Waals surface area contributed by atoms with Crippen molar-refractivity contribution in [2.45, 2.75) is 26.4 Å². The van der Waals surface area contributed by atoms with Crippen molar-refractivity contribution in [3.05, 3.63) is 18.2 Å². The van der Waals surface area contributed by atoms with E-state index in [-0.39, 0.29) is 6.10 Å². The third-order valence-electron chi connectivity index (χ3n) is 2.48. The third kappa shape index (κ3) is 6.63. The molecule has 5 heteroatoms. The predicted octanol–water partition coefficient (Wildman–Crippen LogP) is 2.49. The van der Waals surface area contributed by atoms with Crippen molar-refractivity contribution < 1.29 is 18.9 Å². The number of hydrogen-bond acceptors (Lipinski definition) is 5. The molecule has 1 rings (SSSR count). The van der Waals surface area contributed by atoms with Crippen molar-refractivity contribution in [2.24, 2.45) is 0 Å². The van der Waals surface area contributed by atoms with E-state index in [1.54, 1.807) is 13.2 Å². The highest BCUT2D eigenvalue weighted by atomic mass is 16.5. The van der Waals surface area contributed by atoms with E-state index in [9.17, 15) is 0 Å². The average molecular weight is 283 g/mol. The summed E-state index contributed by atoms with van der Waals surface area (Å²) >= 11 is 0. The fraction of sp³-hybridized carbons (Fsp3) is 0.600. The number of benzene rings is 1. The molecular weight excluding hydrogens is 258 g/mol. The molecule has 0 fully saturated rings. The van der Waals surface area contributed by atoms with E-state index in [1.807, 2.05) is 26.0 Å². The summed E-state index contributed by atoms with van der Waals surface area (Å²) in [5.41, 5.74) is 6.47. The van der Waals surface area contributed by atoms with Crippen LogP contribution in [0.25, 0.3) is 0 Å².